The normalized spacial score (nSPS) is 19.6. The highest BCUT2D eigenvalue weighted by Crippen LogP contribution is 2.31. The van der Waals surface area contributed by atoms with Gasteiger partial charge in [-0.3, -0.25) is 0 Å². The van der Waals surface area contributed by atoms with Gasteiger partial charge in [-0.15, -0.1) is 0 Å². The average molecular weight is 377 g/mol. The first-order valence-electron chi connectivity index (χ1n) is 6.97. The van der Waals surface area contributed by atoms with Gasteiger partial charge in [0.15, 0.2) is 0 Å². The monoisotopic (exact) mass is 376 g/mol. The van der Waals surface area contributed by atoms with Crippen LogP contribution in [-0.2, 0) is 10.0 Å². The predicted octanol–water partition coefficient (Wildman–Crippen LogP) is 2.12. The second-order valence-corrected chi connectivity index (χ2v) is 8.38. The van der Waals surface area contributed by atoms with Crippen LogP contribution in [0.1, 0.15) is 25.3 Å². The Bertz CT molecular complexity index is 623. The molecular weight excluding hydrogens is 356 g/mol. The molecule has 1 aromatic carbocycles. The molecule has 1 heterocycles. The standard InChI is InChI=1S/C14H21BrN2O3S/c1-9-7-12(15)13(16)8-14(9)21(19,20)17-5-3-11(4-6-17)10(2)18/h7-8,10-11,18H,3-6,16H2,1-2H3. The maximum atomic E-state index is 12.7. The highest BCUT2D eigenvalue weighted by atomic mass is 79.9. The van der Waals surface area contributed by atoms with Crippen LogP contribution in [0.15, 0.2) is 21.5 Å². The molecule has 21 heavy (non-hydrogen) atoms. The lowest BCUT2D eigenvalue weighted by atomic mass is 9.93. The number of rotatable bonds is 3. The summed E-state index contributed by atoms with van der Waals surface area (Å²) in [6.07, 6.45) is 0.976. The number of aliphatic hydroxyl groups excluding tert-OH is 1. The molecule has 0 spiro atoms. The van der Waals surface area contributed by atoms with Crippen LogP contribution < -0.4 is 5.73 Å². The summed E-state index contributed by atoms with van der Waals surface area (Å²) in [4.78, 5) is 0.263. The summed E-state index contributed by atoms with van der Waals surface area (Å²) < 4.78 is 27.7. The van der Waals surface area contributed by atoms with Gasteiger partial charge < -0.3 is 10.8 Å². The summed E-state index contributed by atoms with van der Waals surface area (Å²) in [5.41, 5.74) is 6.90. The largest absolute Gasteiger partial charge is 0.398 e. The quantitative estimate of drug-likeness (QED) is 0.791. The number of nitrogens with two attached hydrogens (primary N) is 1. The van der Waals surface area contributed by atoms with E-state index in [1.54, 1.807) is 19.9 Å². The molecule has 0 radical (unpaired) electrons. The van der Waals surface area contributed by atoms with E-state index in [9.17, 15) is 13.5 Å². The first-order chi connectivity index (χ1) is 9.73. The second kappa shape index (κ2) is 6.24. The van der Waals surface area contributed by atoms with Crippen LogP contribution in [0, 0.1) is 12.8 Å². The van der Waals surface area contributed by atoms with E-state index in [1.807, 2.05) is 0 Å². The zero-order valence-electron chi connectivity index (χ0n) is 12.2. The van der Waals surface area contributed by atoms with Gasteiger partial charge in [0.1, 0.15) is 0 Å². The summed E-state index contributed by atoms with van der Waals surface area (Å²) >= 11 is 3.31. The number of hydrogen-bond acceptors (Lipinski definition) is 4. The van der Waals surface area contributed by atoms with E-state index in [1.165, 1.54) is 10.4 Å². The molecule has 3 N–H and O–H groups in total. The number of benzene rings is 1. The fourth-order valence-corrected chi connectivity index (χ4v) is 4.85. The molecule has 1 aliphatic rings. The van der Waals surface area contributed by atoms with Crippen LogP contribution in [0.5, 0.6) is 0 Å². The molecule has 7 heteroatoms. The van der Waals surface area contributed by atoms with Crippen molar-refractivity contribution in [1.82, 2.24) is 4.31 Å². The topological polar surface area (TPSA) is 83.6 Å². The zero-order valence-corrected chi connectivity index (χ0v) is 14.6. The van der Waals surface area contributed by atoms with E-state index in [4.69, 9.17) is 5.73 Å². The van der Waals surface area contributed by atoms with Crippen LogP contribution in [0.3, 0.4) is 0 Å². The molecule has 1 aromatic rings. The number of nitrogen functional groups attached to an aromatic ring is 1. The number of sulfonamides is 1. The maximum absolute atomic E-state index is 12.7. The van der Waals surface area contributed by atoms with Gasteiger partial charge >= 0.3 is 0 Å². The van der Waals surface area contributed by atoms with Gasteiger partial charge in [0.25, 0.3) is 0 Å². The van der Waals surface area contributed by atoms with Gasteiger partial charge in [0, 0.05) is 23.2 Å². The Kier molecular flexibility index (Phi) is 4.97. The van der Waals surface area contributed by atoms with Gasteiger partial charge in [-0.2, -0.15) is 4.31 Å². The molecule has 0 aliphatic carbocycles. The Morgan fingerprint density at radius 1 is 1.38 bits per heavy atom. The molecule has 0 amide bonds. The molecule has 0 bridgehead atoms. The van der Waals surface area contributed by atoms with Crippen molar-refractivity contribution in [3.63, 3.8) is 0 Å². The van der Waals surface area contributed by atoms with E-state index in [0.717, 1.165) is 0 Å². The fraction of sp³-hybridized carbons (Fsp3) is 0.571. The molecule has 118 valence electrons. The van der Waals surface area contributed by atoms with E-state index in [2.05, 4.69) is 15.9 Å². The first-order valence-corrected chi connectivity index (χ1v) is 9.20. The van der Waals surface area contributed by atoms with E-state index in [0.29, 0.717) is 41.7 Å². The molecule has 1 saturated heterocycles. The molecule has 1 atom stereocenters. The molecule has 0 saturated carbocycles. The predicted molar refractivity (Wildman–Crippen MR) is 86.5 cm³/mol. The molecular formula is C14H21BrN2O3S. The molecule has 1 unspecified atom stereocenters. The second-order valence-electron chi connectivity index (χ2n) is 5.62. The average Bonchev–Trinajstić information content (AvgIpc) is 2.42. The van der Waals surface area contributed by atoms with Crippen molar-refractivity contribution in [2.45, 2.75) is 37.7 Å². The number of nitrogens with zero attached hydrogens (tertiary/aromatic N) is 1. The molecule has 0 aromatic heterocycles. The molecule has 5 nitrogen and oxygen atoms in total. The smallest absolute Gasteiger partial charge is 0.243 e. The zero-order chi connectivity index (χ0) is 15.8. The van der Waals surface area contributed by atoms with Crippen molar-refractivity contribution in [3.8, 4) is 0 Å². The van der Waals surface area contributed by atoms with Crippen molar-refractivity contribution in [1.29, 1.82) is 0 Å². The fourth-order valence-electron chi connectivity index (χ4n) is 2.68. The van der Waals surface area contributed by atoms with Gasteiger partial charge in [-0.05, 0) is 66.2 Å². The van der Waals surface area contributed by atoms with Crippen LogP contribution >= 0.6 is 15.9 Å². The summed E-state index contributed by atoms with van der Waals surface area (Å²) in [5, 5.41) is 9.60. The van der Waals surface area contributed by atoms with Crippen molar-refractivity contribution in [3.05, 3.63) is 22.2 Å². The highest BCUT2D eigenvalue weighted by Gasteiger charge is 2.32. The first kappa shape index (κ1) is 16.7. The van der Waals surface area contributed by atoms with E-state index in [-0.39, 0.29) is 16.9 Å². The lowest BCUT2D eigenvalue weighted by Crippen LogP contribution is -2.40. The number of hydrogen-bond donors (Lipinski definition) is 2. The van der Waals surface area contributed by atoms with Gasteiger partial charge in [-0.25, -0.2) is 8.42 Å². The summed E-state index contributed by atoms with van der Waals surface area (Å²) in [6.45, 7) is 4.40. The third-order valence-electron chi connectivity index (χ3n) is 4.09. The van der Waals surface area contributed by atoms with Gasteiger partial charge in [0.05, 0.1) is 11.0 Å². The lowest BCUT2D eigenvalue weighted by Gasteiger charge is -2.32. The Hall–Kier alpha value is -0.630. The number of anilines is 1. The van der Waals surface area contributed by atoms with Crippen LogP contribution in [0.2, 0.25) is 0 Å². The number of halogens is 1. The number of aryl methyl sites for hydroxylation is 1. The van der Waals surface area contributed by atoms with Crippen LogP contribution in [0.25, 0.3) is 0 Å². The van der Waals surface area contributed by atoms with E-state index >= 15 is 0 Å². The van der Waals surface area contributed by atoms with Crippen LogP contribution in [-0.4, -0.2) is 37.0 Å². The third-order valence-corrected chi connectivity index (χ3v) is 6.82. The summed E-state index contributed by atoms with van der Waals surface area (Å²) in [5.74, 6) is 0.174. The minimum absolute atomic E-state index is 0.174. The van der Waals surface area contributed by atoms with Crippen molar-refractivity contribution < 1.29 is 13.5 Å². The van der Waals surface area contributed by atoms with Gasteiger partial charge in [-0.1, -0.05) is 0 Å². The lowest BCUT2D eigenvalue weighted by molar-refractivity contribution is 0.0912. The van der Waals surface area contributed by atoms with Gasteiger partial charge in [0.2, 0.25) is 10.0 Å². The van der Waals surface area contributed by atoms with Crippen LogP contribution in [0.4, 0.5) is 5.69 Å². The number of aliphatic hydroxyl groups is 1. The molecule has 2 rings (SSSR count). The Balaban J connectivity index is 2.26. The maximum Gasteiger partial charge on any atom is 0.243 e. The van der Waals surface area contributed by atoms with Crippen molar-refractivity contribution >= 4 is 31.6 Å². The third kappa shape index (κ3) is 3.41. The Morgan fingerprint density at radius 3 is 2.48 bits per heavy atom. The summed E-state index contributed by atoms with van der Waals surface area (Å²) in [6, 6.07) is 3.24. The molecule has 1 aliphatic heterocycles. The minimum atomic E-state index is -3.53. The SMILES string of the molecule is Cc1cc(Br)c(N)cc1S(=O)(=O)N1CCC(C(C)O)CC1. The highest BCUT2D eigenvalue weighted by molar-refractivity contribution is 9.10. The van der Waals surface area contributed by atoms with E-state index < -0.39 is 10.0 Å². The minimum Gasteiger partial charge on any atom is -0.398 e. The Morgan fingerprint density at radius 2 is 1.95 bits per heavy atom. The van der Waals surface area contributed by atoms with Crippen molar-refractivity contribution in [2.24, 2.45) is 5.92 Å². The Labute approximate surface area is 134 Å². The van der Waals surface area contributed by atoms with Crippen molar-refractivity contribution in [2.75, 3.05) is 18.8 Å². The molecule has 1 fully saturated rings. The number of piperidine rings is 1. The summed E-state index contributed by atoms with van der Waals surface area (Å²) in [7, 11) is -3.53.